The van der Waals surface area contributed by atoms with Crippen molar-refractivity contribution < 1.29 is 9.21 Å². The largest absolute Gasteiger partial charge is 0.467 e. The van der Waals surface area contributed by atoms with Gasteiger partial charge in [0.2, 0.25) is 5.43 Å². The number of hydrogen-bond donors (Lipinski definition) is 2. The summed E-state index contributed by atoms with van der Waals surface area (Å²) in [7, 11) is 0. The summed E-state index contributed by atoms with van der Waals surface area (Å²) in [4.78, 5) is 27.3. The maximum Gasteiger partial charge on any atom is 0.257 e. The second kappa shape index (κ2) is 5.46. The number of amides is 1. The zero-order chi connectivity index (χ0) is 14.8. The fourth-order valence-electron chi connectivity index (χ4n) is 2.04. The van der Waals surface area contributed by atoms with Crippen molar-refractivity contribution >= 4 is 28.4 Å². The topological polar surface area (TPSA) is 75.1 Å². The third kappa shape index (κ3) is 2.68. The number of fused-ring (bicyclic) bond motifs is 1. The molecule has 0 unspecified atom stereocenters. The monoisotopic (exact) mass is 302 g/mol. The van der Waals surface area contributed by atoms with Crippen LogP contribution in [-0.4, -0.2) is 10.9 Å². The number of carbonyl (C=O) groups is 1. The first-order valence-electron chi connectivity index (χ1n) is 6.26. The summed E-state index contributed by atoms with van der Waals surface area (Å²) in [5.74, 6) is 0.164. The van der Waals surface area contributed by atoms with E-state index in [1.165, 1.54) is 12.5 Å². The third-order valence-electron chi connectivity index (χ3n) is 3.09. The van der Waals surface area contributed by atoms with E-state index in [-0.39, 0.29) is 17.5 Å². The van der Waals surface area contributed by atoms with E-state index in [1.54, 1.807) is 30.3 Å². The van der Waals surface area contributed by atoms with E-state index in [2.05, 4.69) is 10.3 Å². The molecular formula is C15H11ClN2O3. The molecule has 1 amide bonds. The molecule has 0 radical (unpaired) electrons. The molecule has 3 aromatic rings. The minimum atomic E-state index is -0.454. The van der Waals surface area contributed by atoms with E-state index >= 15 is 0 Å². The summed E-state index contributed by atoms with van der Waals surface area (Å²) in [6, 6.07) is 8.33. The highest BCUT2D eigenvalue weighted by molar-refractivity contribution is 6.31. The number of halogens is 1. The molecular weight excluding hydrogens is 292 g/mol. The molecule has 0 fully saturated rings. The van der Waals surface area contributed by atoms with Crippen LogP contribution in [0.2, 0.25) is 5.02 Å². The second-order valence-electron chi connectivity index (χ2n) is 4.48. The molecule has 0 bridgehead atoms. The van der Waals surface area contributed by atoms with E-state index in [4.69, 9.17) is 16.0 Å². The van der Waals surface area contributed by atoms with Gasteiger partial charge in [-0.3, -0.25) is 9.59 Å². The van der Waals surface area contributed by atoms with Crippen molar-refractivity contribution in [2.75, 3.05) is 0 Å². The Kier molecular flexibility index (Phi) is 3.50. The highest BCUT2D eigenvalue weighted by Gasteiger charge is 2.13. The van der Waals surface area contributed by atoms with Gasteiger partial charge in [0, 0.05) is 16.6 Å². The minimum Gasteiger partial charge on any atom is -0.467 e. The fourth-order valence-corrected chi connectivity index (χ4v) is 2.21. The van der Waals surface area contributed by atoms with E-state index in [0.717, 1.165) is 0 Å². The van der Waals surface area contributed by atoms with Gasteiger partial charge in [0.15, 0.2) is 0 Å². The van der Waals surface area contributed by atoms with Gasteiger partial charge in [-0.05, 0) is 30.3 Å². The van der Waals surface area contributed by atoms with Crippen molar-refractivity contribution in [2.24, 2.45) is 0 Å². The first kappa shape index (κ1) is 13.5. The van der Waals surface area contributed by atoms with Gasteiger partial charge < -0.3 is 14.7 Å². The molecule has 0 aliphatic heterocycles. The number of rotatable bonds is 3. The molecule has 2 aromatic heterocycles. The van der Waals surface area contributed by atoms with Gasteiger partial charge in [0.05, 0.1) is 18.3 Å². The molecule has 0 spiro atoms. The van der Waals surface area contributed by atoms with Crippen molar-refractivity contribution in [3.05, 3.63) is 69.4 Å². The number of aromatic amines is 1. The second-order valence-corrected chi connectivity index (χ2v) is 4.92. The Morgan fingerprint density at radius 2 is 2.19 bits per heavy atom. The summed E-state index contributed by atoms with van der Waals surface area (Å²) in [5, 5.41) is 3.58. The van der Waals surface area contributed by atoms with Crippen molar-refractivity contribution in [2.45, 2.75) is 6.54 Å². The van der Waals surface area contributed by atoms with Gasteiger partial charge >= 0.3 is 0 Å². The molecule has 0 atom stereocenters. The van der Waals surface area contributed by atoms with Gasteiger partial charge in [0.1, 0.15) is 11.3 Å². The fraction of sp³-hybridized carbons (Fsp3) is 0.0667. The number of benzene rings is 1. The van der Waals surface area contributed by atoms with Crippen LogP contribution in [0.5, 0.6) is 0 Å². The standard InChI is InChI=1S/C15H11ClN2O3/c16-9-3-4-11-13(6-9)17-8-12(14(11)19)15(20)18-7-10-2-1-5-21-10/h1-6,8H,7H2,(H,17,19)(H,18,20). The number of carbonyl (C=O) groups excluding carboxylic acids is 1. The SMILES string of the molecule is O=C(NCc1ccco1)c1c[nH]c2cc(Cl)ccc2c1=O. The molecule has 0 aliphatic carbocycles. The molecule has 0 aliphatic rings. The van der Waals surface area contributed by atoms with Gasteiger partial charge in [-0.15, -0.1) is 0 Å². The maximum atomic E-state index is 12.3. The lowest BCUT2D eigenvalue weighted by Gasteiger charge is -2.05. The van der Waals surface area contributed by atoms with E-state index < -0.39 is 5.91 Å². The molecule has 1 aromatic carbocycles. The molecule has 2 N–H and O–H groups in total. The normalized spacial score (nSPS) is 10.7. The van der Waals surface area contributed by atoms with Crippen LogP contribution in [0, 0.1) is 0 Å². The quantitative estimate of drug-likeness (QED) is 0.781. The molecule has 0 saturated carbocycles. The lowest BCUT2D eigenvalue weighted by Crippen LogP contribution is -2.28. The molecule has 5 nitrogen and oxygen atoms in total. The number of pyridine rings is 1. The highest BCUT2D eigenvalue weighted by Crippen LogP contribution is 2.15. The molecule has 0 saturated heterocycles. The first-order valence-corrected chi connectivity index (χ1v) is 6.64. The van der Waals surface area contributed by atoms with Crippen LogP contribution < -0.4 is 10.7 Å². The Labute approximate surface area is 124 Å². The van der Waals surface area contributed by atoms with Crippen molar-refractivity contribution in [3.63, 3.8) is 0 Å². The zero-order valence-electron chi connectivity index (χ0n) is 10.9. The summed E-state index contributed by atoms with van der Waals surface area (Å²) in [6.07, 6.45) is 2.91. The average molecular weight is 303 g/mol. The lowest BCUT2D eigenvalue weighted by atomic mass is 10.1. The summed E-state index contributed by atoms with van der Waals surface area (Å²) >= 11 is 5.87. The van der Waals surface area contributed by atoms with Crippen LogP contribution in [0.25, 0.3) is 10.9 Å². The Morgan fingerprint density at radius 3 is 2.95 bits per heavy atom. The molecule has 3 rings (SSSR count). The summed E-state index contributed by atoms with van der Waals surface area (Å²) < 4.78 is 5.12. The van der Waals surface area contributed by atoms with E-state index in [9.17, 15) is 9.59 Å². The number of furan rings is 1. The van der Waals surface area contributed by atoms with Gasteiger partial charge in [0.25, 0.3) is 5.91 Å². The lowest BCUT2D eigenvalue weighted by molar-refractivity contribution is 0.0947. The number of H-pyrrole nitrogens is 1. The average Bonchev–Trinajstić information content (AvgIpc) is 2.98. The molecule has 2 heterocycles. The first-order chi connectivity index (χ1) is 10.1. The van der Waals surface area contributed by atoms with Gasteiger partial charge in [-0.25, -0.2) is 0 Å². The number of nitrogens with one attached hydrogen (secondary N) is 2. The predicted molar refractivity (Wildman–Crippen MR) is 79.5 cm³/mol. The zero-order valence-corrected chi connectivity index (χ0v) is 11.6. The predicted octanol–water partition coefficient (Wildman–Crippen LogP) is 2.70. The van der Waals surface area contributed by atoms with Crippen LogP contribution in [0.15, 0.2) is 52.0 Å². The Bertz CT molecular complexity index is 853. The van der Waals surface area contributed by atoms with Crippen molar-refractivity contribution in [1.82, 2.24) is 10.3 Å². The minimum absolute atomic E-state index is 0.0522. The Hall–Kier alpha value is -2.53. The van der Waals surface area contributed by atoms with Crippen LogP contribution in [0.3, 0.4) is 0 Å². The molecule has 21 heavy (non-hydrogen) atoms. The number of hydrogen-bond acceptors (Lipinski definition) is 3. The van der Waals surface area contributed by atoms with Gasteiger partial charge in [-0.1, -0.05) is 11.6 Å². The summed E-state index contributed by atoms with van der Waals surface area (Å²) in [5.41, 5.74) is 0.309. The third-order valence-corrected chi connectivity index (χ3v) is 3.33. The van der Waals surface area contributed by atoms with Crippen LogP contribution in [0.1, 0.15) is 16.1 Å². The van der Waals surface area contributed by atoms with Crippen LogP contribution in [0.4, 0.5) is 0 Å². The van der Waals surface area contributed by atoms with E-state index in [1.807, 2.05) is 0 Å². The van der Waals surface area contributed by atoms with Crippen LogP contribution >= 0.6 is 11.6 Å². The molecule has 6 heteroatoms. The summed E-state index contributed by atoms with van der Waals surface area (Å²) in [6.45, 7) is 0.226. The highest BCUT2D eigenvalue weighted by atomic mass is 35.5. The molecule has 106 valence electrons. The maximum absolute atomic E-state index is 12.3. The Balaban J connectivity index is 1.89. The van der Waals surface area contributed by atoms with Crippen LogP contribution in [-0.2, 0) is 6.54 Å². The van der Waals surface area contributed by atoms with Gasteiger partial charge in [-0.2, -0.15) is 0 Å². The Morgan fingerprint density at radius 1 is 1.33 bits per heavy atom. The number of aromatic nitrogens is 1. The van der Waals surface area contributed by atoms with Crippen molar-refractivity contribution in [1.29, 1.82) is 0 Å². The van der Waals surface area contributed by atoms with Crippen molar-refractivity contribution in [3.8, 4) is 0 Å². The van der Waals surface area contributed by atoms with E-state index in [0.29, 0.717) is 21.7 Å². The smallest absolute Gasteiger partial charge is 0.257 e.